The maximum atomic E-state index is 6.80. The zero-order chi connectivity index (χ0) is 36.7. The number of hydrogen-bond donors (Lipinski definition) is 0. The maximum Gasteiger partial charge on any atom is 0.167 e. The Kier molecular flexibility index (Phi) is 6.56. The highest BCUT2D eigenvalue weighted by Gasteiger charge is 2.21. The molecule has 0 saturated carbocycles. The summed E-state index contributed by atoms with van der Waals surface area (Å²) in [5.41, 5.74) is 7.69. The van der Waals surface area contributed by atoms with Gasteiger partial charge in [0.1, 0.15) is 11.2 Å². The van der Waals surface area contributed by atoms with Crippen LogP contribution < -0.4 is 0 Å². The molecular weight excluding hydrogens is 685 g/mol. The molecular formula is C51H30N4O. The highest BCUT2D eigenvalue weighted by atomic mass is 16.3. The van der Waals surface area contributed by atoms with Crippen molar-refractivity contribution in [1.29, 1.82) is 0 Å². The molecule has 3 aromatic heterocycles. The van der Waals surface area contributed by atoms with Gasteiger partial charge in [0.15, 0.2) is 17.5 Å². The van der Waals surface area contributed by atoms with E-state index < -0.39 is 0 Å². The summed E-state index contributed by atoms with van der Waals surface area (Å²) in [5, 5.41) is 11.8. The molecule has 0 aliphatic heterocycles. The van der Waals surface area contributed by atoms with Gasteiger partial charge in [0.25, 0.3) is 0 Å². The maximum absolute atomic E-state index is 6.80. The molecule has 0 N–H and O–H groups in total. The molecule has 0 fully saturated rings. The van der Waals surface area contributed by atoms with Gasteiger partial charge in [0.2, 0.25) is 0 Å². The molecule has 5 nitrogen and oxygen atoms in total. The predicted octanol–water partition coefficient (Wildman–Crippen LogP) is 13.3. The fourth-order valence-corrected chi connectivity index (χ4v) is 8.60. The molecule has 0 spiro atoms. The summed E-state index contributed by atoms with van der Waals surface area (Å²) >= 11 is 0. The van der Waals surface area contributed by atoms with Gasteiger partial charge >= 0.3 is 0 Å². The summed E-state index contributed by atoms with van der Waals surface area (Å²) in [6.07, 6.45) is 0. The van der Waals surface area contributed by atoms with Gasteiger partial charge in [-0.3, -0.25) is 0 Å². The van der Waals surface area contributed by atoms with E-state index in [0.29, 0.717) is 17.5 Å². The molecule has 0 radical (unpaired) electrons. The van der Waals surface area contributed by atoms with E-state index in [1.54, 1.807) is 0 Å². The summed E-state index contributed by atoms with van der Waals surface area (Å²) in [7, 11) is 0. The highest BCUT2D eigenvalue weighted by Crippen LogP contribution is 2.42. The minimum Gasteiger partial charge on any atom is -0.455 e. The summed E-state index contributed by atoms with van der Waals surface area (Å²) in [6, 6.07) is 64.0. The van der Waals surface area contributed by atoms with E-state index in [9.17, 15) is 0 Å². The number of benzene rings is 9. The van der Waals surface area contributed by atoms with Crippen LogP contribution in [-0.2, 0) is 0 Å². The first kappa shape index (κ1) is 30.8. The first-order valence-electron chi connectivity index (χ1n) is 18.9. The third-order valence-corrected chi connectivity index (χ3v) is 11.2. The van der Waals surface area contributed by atoms with Crippen molar-refractivity contribution >= 4 is 76.1 Å². The van der Waals surface area contributed by atoms with Gasteiger partial charge in [0.05, 0.1) is 16.6 Å². The lowest BCUT2D eigenvalue weighted by atomic mass is 10.0. The Hall–Kier alpha value is -7.63. The average molecular weight is 715 g/mol. The van der Waals surface area contributed by atoms with Crippen LogP contribution in [0.3, 0.4) is 0 Å². The van der Waals surface area contributed by atoms with Gasteiger partial charge in [-0.25, -0.2) is 15.0 Å². The second-order valence-electron chi connectivity index (χ2n) is 14.4. The Labute approximate surface area is 320 Å². The summed E-state index contributed by atoms with van der Waals surface area (Å²) in [4.78, 5) is 15.0. The smallest absolute Gasteiger partial charge is 0.167 e. The van der Waals surface area contributed by atoms with Crippen molar-refractivity contribution < 1.29 is 4.42 Å². The Morgan fingerprint density at radius 1 is 0.375 bits per heavy atom. The quantitative estimate of drug-likeness (QED) is 0.182. The van der Waals surface area contributed by atoms with Gasteiger partial charge in [-0.05, 0) is 74.8 Å². The number of rotatable bonds is 4. The molecule has 56 heavy (non-hydrogen) atoms. The normalized spacial score (nSPS) is 11.9. The molecule has 12 aromatic rings. The lowest BCUT2D eigenvalue weighted by Gasteiger charge is -2.11. The second-order valence-corrected chi connectivity index (χ2v) is 14.4. The molecule has 0 amide bonds. The Bertz CT molecular complexity index is 3470. The minimum absolute atomic E-state index is 0.567. The summed E-state index contributed by atoms with van der Waals surface area (Å²) in [6.45, 7) is 0. The lowest BCUT2D eigenvalue weighted by Crippen LogP contribution is -2.00. The van der Waals surface area contributed by atoms with E-state index in [-0.39, 0.29) is 0 Å². The monoisotopic (exact) mass is 714 g/mol. The van der Waals surface area contributed by atoms with Crippen molar-refractivity contribution in [3.05, 3.63) is 182 Å². The SMILES string of the molecule is c1ccc(-c2nc(-c3ccccc3)nc(-c3cccc4c3oc3ccc5ccc(-n6c7cc8ccccc8cc7c7c8ccccc8ccc76)cc5c34)n2)cc1. The van der Waals surface area contributed by atoms with Crippen molar-refractivity contribution in [2.75, 3.05) is 0 Å². The molecule has 0 atom stereocenters. The molecule has 0 unspecified atom stereocenters. The molecule has 260 valence electrons. The van der Waals surface area contributed by atoms with E-state index in [2.05, 4.69) is 120 Å². The fraction of sp³-hybridized carbons (Fsp3) is 0. The van der Waals surface area contributed by atoms with Gasteiger partial charge in [0, 0.05) is 38.4 Å². The van der Waals surface area contributed by atoms with E-state index in [0.717, 1.165) is 55.1 Å². The molecule has 0 bridgehead atoms. The third kappa shape index (κ3) is 4.64. The van der Waals surface area contributed by atoms with Crippen molar-refractivity contribution in [3.63, 3.8) is 0 Å². The van der Waals surface area contributed by atoms with Crippen molar-refractivity contribution in [1.82, 2.24) is 19.5 Å². The van der Waals surface area contributed by atoms with Crippen LogP contribution in [0.4, 0.5) is 0 Å². The molecule has 0 saturated heterocycles. The first-order valence-corrected chi connectivity index (χ1v) is 18.9. The van der Waals surface area contributed by atoms with Gasteiger partial charge in [-0.1, -0.05) is 140 Å². The Balaban J connectivity index is 1.11. The number of hydrogen-bond acceptors (Lipinski definition) is 4. The molecule has 0 aliphatic carbocycles. The molecule has 12 rings (SSSR count). The van der Waals surface area contributed by atoms with Crippen molar-refractivity contribution in [3.8, 4) is 39.9 Å². The number of furan rings is 1. The Morgan fingerprint density at radius 2 is 0.982 bits per heavy atom. The fourth-order valence-electron chi connectivity index (χ4n) is 8.60. The lowest BCUT2D eigenvalue weighted by molar-refractivity contribution is 0.670. The number of nitrogens with zero attached hydrogens (tertiary/aromatic N) is 4. The van der Waals surface area contributed by atoms with Crippen LogP contribution in [0.5, 0.6) is 0 Å². The standard InChI is InChI=1S/C51H30N4O/c1-3-13-33(14-4-1)49-52-50(34-15-5-2-6-16-34)54-51(53-49)40-21-11-20-39-47-41-30-37(25-22-32(41)24-27-45(47)56-48(39)40)55-43-26-23-31-12-9-10-19-38(31)46(43)42-28-35-17-7-8-18-36(35)29-44(42)55/h1-30H. The van der Waals surface area contributed by atoms with Crippen LogP contribution in [0.15, 0.2) is 186 Å². The summed E-state index contributed by atoms with van der Waals surface area (Å²) in [5.74, 6) is 1.80. The topological polar surface area (TPSA) is 56.7 Å². The predicted molar refractivity (Wildman–Crippen MR) is 230 cm³/mol. The third-order valence-electron chi connectivity index (χ3n) is 11.2. The minimum atomic E-state index is 0.567. The van der Waals surface area contributed by atoms with E-state index in [1.165, 1.54) is 43.4 Å². The zero-order valence-electron chi connectivity index (χ0n) is 30.0. The van der Waals surface area contributed by atoms with Gasteiger partial charge in [-0.2, -0.15) is 0 Å². The molecule has 3 heterocycles. The number of fused-ring (bicyclic) bond motifs is 11. The van der Waals surface area contributed by atoms with Crippen LogP contribution in [-0.4, -0.2) is 19.5 Å². The molecule has 0 aliphatic rings. The Morgan fingerprint density at radius 3 is 1.75 bits per heavy atom. The van der Waals surface area contributed by atoms with E-state index in [1.807, 2.05) is 66.7 Å². The average Bonchev–Trinajstić information content (AvgIpc) is 3.82. The van der Waals surface area contributed by atoms with Gasteiger partial charge in [-0.15, -0.1) is 0 Å². The van der Waals surface area contributed by atoms with Crippen LogP contribution in [0.25, 0.3) is 116 Å². The number of para-hydroxylation sites is 1. The highest BCUT2D eigenvalue weighted by molar-refractivity contribution is 6.24. The van der Waals surface area contributed by atoms with Crippen LogP contribution >= 0.6 is 0 Å². The zero-order valence-corrected chi connectivity index (χ0v) is 30.0. The van der Waals surface area contributed by atoms with Crippen LogP contribution in [0, 0.1) is 0 Å². The van der Waals surface area contributed by atoms with E-state index >= 15 is 0 Å². The van der Waals surface area contributed by atoms with Crippen LogP contribution in [0.1, 0.15) is 0 Å². The summed E-state index contributed by atoms with van der Waals surface area (Å²) < 4.78 is 9.22. The largest absolute Gasteiger partial charge is 0.455 e. The van der Waals surface area contributed by atoms with Gasteiger partial charge < -0.3 is 8.98 Å². The first-order chi connectivity index (χ1) is 27.7. The van der Waals surface area contributed by atoms with Crippen molar-refractivity contribution in [2.45, 2.75) is 0 Å². The van der Waals surface area contributed by atoms with Crippen molar-refractivity contribution in [2.24, 2.45) is 0 Å². The number of aromatic nitrogens is 4. The van der Waals surface area contributed by atoms with Crippen LogP contribution in [0.2, 0.25) is 0 Å². The second kappa shape index (κ2) is 11.9. The van der Waals surface area contributed by atoms with E-state index in [4.69, 9.17) is 19.4 Å². The molecule has 9 aromatic carbocycles. The molecule has 5 heteroatoms.